The summed E-state index contributed by atoms with van der Waals surface area (Å²) in [7, 11) is -9.89. The first-order chi connectivity index (χ1) is 16.3. The van der Waals surface area contributed by atoms with Crippen molar-refractivity contribution < 1.29 is 29.0 Å². The fourth-order valence-electron chi connectivity index (χ4n) is 4.80. The Morgan fingerprint density at radius 1 is 1.09 bits per heavy atom. The van der Waals surface area contributed by atoms with Crippen LogP contribution in [0.2, 0.25) is 0 Å². The Hall–Kier alpha value is -2.93. The minimum Gasteiger partial charge on any atom is -0.398 e. The van der Waals surface area contributed by atoms with Crippen LogP contribution >= 0.6 is 10.2 Å². The number of imidazole rings is 1. The summed E-state index contributed by atoms with van der Waals surface area (Å²) in [6.45, 7) is 1.99. The molecule has 5 rings (SSSR count). The number of nitrogens with two attached hydrogens (primary N) is 1. The quantitative estimate of drug-likeness (QED) is 0.341. The third-order valence-electron chi connectivity index (χ3n) is 6.66. The normalized spacial score (nSPS) is 21.7. The zero-order valence-electron chi connectivity index (χ0n) is 18.5. The number of carbonyl (C=O) groups is 1. The highest BCUT2D eigenvalue weighted by Gasteiger charge is 2.65. The summed E-state index contributed by atoms with van der Waals surface area (Å²) in [6.07, 6.45) is 4.00. The van der Waals surface area contributed by atoms with E-state index in [1.54, 1.807) is 6.20 Å². The summed E-state index contributed by atoms with van der Waals surface area (Å²) in [4.78, 5) is 24.7. The average Bonchev–Trinajstić information content (AvgIpc) is 3.45. The molecule has 2 fully saturated rings. The minimum absolute atomic E-state index is 0.0577. The van der Waals surface area contributed by atoms with Gasteiger partial charge in [-0.2, -0.15) is 0 Å². The van der Waals surface area contributed by atoms with Gasteiger partial charge in [0, 0.05) is 50.0 Å². The highest BCUT2D eigenvalue weighted by molar-refractivity contribution is 8.45. The lowest BCUT2D eigenvalue weighted by Gasteiger charge is -2.40. The SMILES string of the molecule is Nc1cc(S(F)(F)(F)(F)F)ccc1C(=O)N1CC[C@@H](c2ccnc3nc(C4CCOCC4)[nH]c23)C1. The van der Waals surface area contributed by atoms with E-state index >= 15 is 0 Å². The first-order valence-corrected chi connectivity index (χ1v) is 13.1. The number of nitrogens with zero attached hydrogens (tertiary/aromatic N) is 3. The molecule has 3 N–H and O–H groups in total. The zero-order chi connectivity index (χ0) is 25.1. The van der Waals surface area contributed by atoms with Crippen LogP contribution in [0.3, 0.4) is 0 Å². The van der Waals surface area contributed by atoms with Crippen molar-refractivity contribution in [1.82, 2.24) is 19.9 Å². The van der Waals surface area contributed by atoms with E-state index in [4.69, 9.17) is 10.5 Å². The Bertz CT molecular complexity index is 1310. The highest BCUT2D eigenvalue weighted by atomic mass is 32.5. The van der Waals surface area contributed by atoms with Gasteiger partial charge < -0.3 is 20.4 Å². The molecule has 2 aliphatic heterocycles. The third-order valence-corrected chi connectivity index (χ3v) is 7.81. The van der Waals surface area contributed by atoms with E-state index in [-0.39, 0.29) is 29.5 Å². The van der Waals surface area contributed by atoms with Crippen LogP contribution in [0.15, 0.2) is 35.4 Å². The number of benzene rings is 1. The number of fused-ring (bicyclic) bond motifs is 1. The Balaban J connectivity index is 1.37. The summed E-state index contributed by atoms with van der Waals surface area (Å²) < 4.78 is 70.8. The Morgan fingerprint density at radius 2 is 1.83 bits per heavy atom. The van der Waals surface area contributed by atoms with Gasteiger partial charge in [-0.3, -0.25) is 4.79 Å². The second-order valence-electron chi connectivity index (χ2n) is 9.06. The highest BCUT2D eigenvalue weighted by Crippen LogP contribution is 3.02. The summed E-state index contributed by atoms with van der Waals surface area (Å²) in [5.41, 5.74) is 7.07. The molecule has 0 radical (unpaired) electrons. The number of hydrogen-bond acceptors (Lipinski definition) is 5. The van der Waals surface area contributed by atoms with Gasteiger partial charge in [-0.05, 0) is 49.1 Å². The number of aromatic amines is 1. The van der Waals surface area contributed by atoms with E-state index in [1.807, 2.05) is 6.07 Å². The van der Waals surface area contributed by atoms with Gasteiger partial charge in [0.25, 0.3) is 5.91 Å². The summed E-state index contributed by atoms with van der Waals surface area (Å²) >= 11 is 0. The molecule has 2 saturated heterocycles. The average molecular weight is 518 g/mol. The number of pyridine rings is 1. The number of likely N-dealkylation sites (tertiary alicyclic amines) is 1. The minimum atomic E-state index is -9.89. The zero-order valence-corrected chi connectivity index (χ0v) is 19.3. The first-order valence-electron chi connectivity index (χ1n) is 11.2. The Morgan fingerprint density at radius 3 is 2.51 bits per heavy atom. The first kappa shape index (κ1) is 23.8. The molecule has 1 amide bonds. The van der Waals surface area contributed by atoms with E-state index in [2.05, 4.69) is 15.0 Å². The van der Waals surface area contributed by atoms with Gasteiger partial charge in [-0.1, -0.05) is 19.4 Å². The van der Waals surface area contributed by atoms with E-state index in [1.165, 1.54) is 4.90 Å². The maximum atomic E-state index is 13.1. The molecule has 0 saturated carbocycles. The van der Waals surface area contributed by atoms with E-state index in [0.29, 0.717) is 38.4 Å². The van der Waals surface area contributed by atoms with Gasteiger partial charge in [0.1, 0.15) is 10.7 Å². The van der Waals surface area contributed by atoms with Crippen molar-refractivity contribution >= 4 is 33.0 Å². The molecule has 1 aromatic carbocycles. The fraction of sp³-hybridized carbons (Fsp3) is 0.409. The van der Waals surface area contributed by atoms with Gasteiger partial charge in [-0.15, -0.1) is 0 Å². The predicted molar refractivity (Wildman–Crippen MR) is 122 cm³/mol. The number of H-pyrrole nitrogens is 1. The molecule has 0 bridgehead atoms. The van der Waals surface area contributed by atoms with Gasteiger partial charge in [0.05, 0.1) is 11.1 Å². The van der Waals surface area contributed by atoms with Crippen LogP contribution in [-0.4, -0.2) is 52.1 Å². The van der Waals surface area contributed by atoms with Crippen LogP contribution in [0.25, 0.3) is 11.2 Å². The number of hydrogen-bond donors (Lipinski definition) is 2. The van der Waals surface area contributed by atoms with Crippen molar-refractivity contribution in [3.05, 3.63) is 47.4 Å². The number of carbonyl (C=O) groups excluding carboxylic acids is 1. The molecule has 0 aliphatic carbocycles. The molecule has 190 valence electrons. The number of anilines is 1. The van der Waals surface area contributed by atoms with Crippen molar-refractivity contribution in [2.24, 2.45) is 0 Å². The summed E-state index contributed by atoms with van der Waals surface area (Å²) in [5, 5.41) is 0. The molecule has 13 heteroatoms. The molecule has 4 heterocycles. The Kier molecular flexibility index (Phi) is 5.12. The predicted octanol–water partition coefficient (Wildman–Crippen LogP) is 5.72. The number of aromatic nitrogens is 3. The second kappa shape index (κ2) is 7.53. The lowest BCUT2D eigenvalue weighted by molar-refractivity contribution is 0.0791. The molecule has 7 nitrogen and oxygen atoms in total. The van der Waals surface area contributed by atoms with Gasteiger partial charge in [0.15, 0.2) is 5.65 Å². The van der Waals surface area contributed by atoms with Crippen molar-refractivity contribution in [2.45, 2.75) is 36.0 Å². The molecule has 2 aromatic heterocycles. The standard InChI is InChI=1S/C22H24F5N5O2S/c23-35(24,25,26,27)15-1-2-17(18(28)11-15)22(33)32-8-4-14(12-32)16-3-7-29-21-19(16)30-20(31-21)13-5-9-34-10-6-13/h1-3,7,11,13-14H,4-6,8-10,12,28H2,(H,29,30,31)/t14-/m1/s1. The maximum absolute atomic E-state index is 13.1. The molecular weight excluding hydrogens is 493 g/mol. The molecule has 3 aromatic rings. The van der Waals surface area contributed by atoms with E-state index < -0.39 is 26.7 Å². The van der Waals surface area contributed by atoms with Crippen molar-refractivity contribution in [2.75, 3.05) is 32.0 Å². The van der Waals surface area contributed by atoms with Gasteiger partial charge >= 0.3 is 10.2 Å². The molecular formula is C22H24F5N5O2S. The van der Waals surface area contributed by atoms with Gasteiger partial charge in [-0.25, -0.2) is 9.97 Å². The lowest BCUT2D eigenvalue weighted by Crippen LogP contribution is -2.29. The topological polar surface area (TPSA) is 97.1 Å². The molecule has 0 unspecified atom stereocenters. The van der Waals surface area contributed by atoms with E-state index in [0.717, 1.165) is 35.8 Å². The number of rotatable bonds is 4. The number of ether oxygens (including phenoxy) is 1. The third kappa shape index (κ3) is 4.66. The van der Waals surface area contributed by atoms with Crippen LogP contribution in [0.4, 0.5) is 25.1 Å². The van der Waals surface area contributed by atoms with Crippen molar-refractivity contribution in [3.8, 4) is 0 Å². The summed E-state index contributed by atoms with van der Waals surface area (Å²) in [5.74, 6) is 0.449. The van der Waals surface area contributed by atoms with Crippen LogP contribution in [0.5, 0.6) is 0 Å². The molecule has 35 heavy (non-hydrogen) atoms. The molecule has 1 atom stereocenters. The van der Waals surface area contributed by atoms with Crippen LogP contribution < -0.4 is 5.73 Å². The fourth-order valence-corrected chi connectivity index (χ4v) is 5.47. The van der Waals surface area contributed by atoms with Gasteiger partial charge in [0.2, 0.25) is 0 Å². The molecule has 0 spiro atoms. The van der Waals surface area contributed by atoms with Crippen LogP contribution in [0, 0.1) is 0 Å². The smallest absolute Gasteiger partial charge is 0.310 e. The van der Waals surface area contributed by atoms with E-state index in [9.17, 15) is 24.2 Å². The second-order valence-corrected chi connectivity index (χ2v) is 11.5. The maximum Gasteiger partial charge on any atom is 0.310 e. The van der Waals surface area contributed by atoms with Crippen molar-refractivity contribution in [1.29, 1.82) is 0 Å². The largest absolute Gasteiger partial charge is 0.398 e. The molecule has 2 aliphatic rings. The number of amides is 1. The van der Waals surface area contributed by atoms with Crippen molar-refractivity contribution in [3.63, 3.8) is 0 Å². The Labute approximate surface area is 197 Å². The van der Waals surface area contributed by atoms with Crippen LogP contribution in [0.1, 0.15) is 52.8 Å². The number of nitrogen functional groups attached to an aromatic ring is 1. The number of halogens is 5. The van der Waals surface area contributed by atoms with Crippen LogP contribution in [-0.2, 0) is 4.74 Å². The number of nitrogens with one attached hydrogen (secondary N) is 1. The monoisotopic (exact) mass is 517 g/mol. The summed E-state index contributed by atoms with van der Waals surface area (Å²) in [6, 6.07) is 2.94. The lowest BCUT2D eigenvalue weighted by atomic mass is 9.98.